The maximum Gasteiger partial charge on any atom is 0.410 e. The Morgan fingerprint density at radius 3 is 2.46 bits per heavy atom. The second kappa shape index (κ2) is 10.8. The van der Waals surface area contributed by atoms with Crippen LogP contribution in [0.25, 0.3) is 0 Å². The molecule has 5 rings (SSSR count). The van der Waals surface area contributed by atoms with Crippen LogP contribution in [0.15, 0.2) is 60.9 Å². The fourth-order valence-corrected chi connectivity index (χ4v) is 4.84. The number of aromatic nitrogens is 2. The number of carbonyl (C=O) groups excluding carboxylic acids is 2. The van der Waals surface area contributed by atoms with Crippen molar-refractivity contribution in [3.05, 3.63) is 66.5 Å². The van der Waals surface area contributed by atoms with E-state index in [0.717, 1.165) is 18.6 Å². The number of hydrogen-bond donors (Lipinski definition) is 1. The number of nitrogen functional groups attached to an aromatic ring is 1. The van der Waals surface area contributed by atoms with Crippen LogP contribution in [0.3, 0.4) is 0 Å². The van der Waals surface area contributed by atoms with E-state index in [4.69, 9.17) is 19.9 Å². The number of anilines is 2. The first-order chi connectivity index (χ1) is 18.7. The maximum absolute atomic E-state index is 13.8. The molecule has 3 heterocycles. The van der Waals surface area contributed by atoms with Gasteiger partial charge >= 0.3 is 6.09 Å². The molecule has 0 saturated carbocycles. The van der Waals surface area contributed by atoms with Gasteiger partial charge in [-0.3, -0.25) is 4.79 Å². The van der Waals surface area contributed by atoms with Crippen LogP contribution < -0.4 is 20.1 Å². The van der Waals surface area contributed by atoms with Gasteiger partial charge < -0.3 is 29.7 Å². The van der Waals surface area contributed by atoms with Crippen LogP contribution in [0.5, 0.6) is 17.4 Å². The van der Waals surface area contributed by atoms with Crippen LogP contribution in [0.4, 0.5) is 16.3 Å². The molecular weight excluding hydrogens is 498 g/mol. The summed E-state index contributed by atoms with van der Waals surface area (Å²) < 4.78 is 17.9. The summed E-state index contributed by atoms with van der Waals surface area (Å²) in [5.41, 5.74) is 6.33. The third-order valence-corrected chi connectivity index (χ3v) is 6.69. The Labute approximate surface area is 227 Å². The fraction of sp³-hybridized carbons (Fsp3) is 0.379. The minimum Gasteiger partial charge on any atom is -0.471 e. The van der Waals surface area contributed by atoms with Gasteiger partial charge in [0.25, 0.3) is 5.91 Å². The number of fused-ring (bicyclic) bond motifs is 1. The number of likely N-dealkylation sites (tertiary alicyclic amines) is 1. The molecule has 1 aromatic heterocycles. The SMILES string of the molecule is CC(C)(C)OC(=O)N1CCCC(C2CN(c3ccc(Oc4ccccc4)cc3)C(=O)c3c(N)ncnc3O2)C1. The zero-order chi connectivity index (χ0) is 27.6. The molecule has 10 nitrogen and oxygen atoms in total. The van der Waals surface area contributed by atoms with E-state index in [-0.39, 0.29) is 41.7 Å². The van der Waals surface area contributed by atoms with Crippen LogP contribution in [-0.2, 0) is 4.74 Å². The second-order valence-corrected chi connectivity index (χ2v) is 10.7. The van der Waals surface area contributed by atoms with Gasteiger partial charge in [0.15, 0.2) is 0 Å². The summed E-state index contributed by atoms with van der Waals surface area (Å²) in [5.74, 6) is 1.17. The van der Waals surface area contributed by atoms with E-state index in [1.54, 1.807) is 9.80 Å². The molecule has 1 saturated heterocycles. The van der Waals surface area contributed by atoms with Gasteiger partial charge in [-0.1, -0.05) is 18.2 Å². The number of rotatable bonds is 4. The number of piperidine rings is 1. The lowest BCUT2D eigenvalue weighted by Crippen LogP contribution is -2.49. The van der Waals surface area contributed by atoms with Crippen LogP contribution >= 0.6 is 0 Å². The minimum absolute atomic E-state index is 0.0515. The van der Waals surface area contributed by atoms with Crippen LogP contribution in [-0.4, -0.2) is 58.2 Å². The first kappa shape index (κ1) is 26.3. The molecule has 3 aromatic rings. The molecule has 0 spiro atoms. The number of nitrogens with two attached hydrogens (primary N) is 1. The summed E-state index contributed by atoms with van der Waals surface area (Å²) in [5, 5.41) is 0. The quantitative estimate of drug-likeness (QED) is 0.504. The van der Waals surface area contributed by atoms with Crippen molar-refractivity contribution in [1.29, 1.82) is 0 Å². The zero-order valence-electron chi connectivity index (χ0n) is 22.4. The highest BCUT2D eigenvalue weighted by atomic mass is 16.6. The highest BCUT2D eigenvalue weighted by Gasteiger charge is 2.39. The molecule has 2 N–H and O–H groups in total. The molecule has 0 bridgehead atoms. The molecule has 39 heavy (non-hydrogen) atoms. The van der Waals surface area contributed by atoms with Crippen LogP contribution in [0.2, 0.25) is 0 Å². The highest BCUT2D eigenvalue weighted by molar-refractivity contribution is 6.10. The van der Waals surface area contributed by atoms with E-state index in [0.29, 0.717) is 24.5 Å². The first-order valence-electron chi connectivity index (χ1n) is 13.1. The second-order valence-electron chi connectivity index (χ2n) is 10.7. The summed E-state index contributed by atoms with van der Waals surface area (Å²) >= 11 is 0. The Hall–Kier alpha value is -4.34. The smallest absolute Gasteiger partial charge is 0.410 e. The third-order valence-electron chi connectivity index (χ3n) is 6.69. The van der Waals surface area contributed by atoms with E-state index in [1.807, 2.05) is 75.4 Å². The number of amides is 2. The molecule has 0 radical (unpaired) electrons. The summed E-state index contributed by atoms with van der Waals surface area (Å²) in [7, 11) is 0. The number of para-hydroxylation sites is 1. The van der Waals surface area contributed by atoms with Crippen molar-refractivity contribution in [2.24, 2.45) is 5.92 Å². The Morgan fingerprint density at radius 2 is 1.74 bits per heavy atom. The lowest BCUT2D eigenvalue weighted by atomic mass is 9.92. The average Bonchev–Trinajstić information content (AvgIpc) is 3.06. The standard InChI is InChI=1S/C29H33N5O5/c1-29(2,3)39-28(36)33-15-7-8-19(16-33)23-17-34(27(35)24-25(30)31-18-32-26(24)38-23)20-11-13-22(14-12-20)37-21-9-5-4-6-10-21/h4-6,9-14,18-19,23H,7-8,15-17H2,1-3H3,(H2,30,31,32). The topological polar surface area (TPSA) is 120 Å². The van der Waals surface area contributed by atoms with Gasteiger partial charge in [-0.25, -0.2) is 14.8 Å². The first-order valence-corrected chi connectivity index (χ1v) is 13.1. The maximum atomic E-state index is 13.8. The minimum atomic E-state index is -0.587. The van der Waals surface area contributed by atoms with Crippen molar-refractivity contribution < 1.29 is 23.8 Å². The van der Waals surface area contributed by atoms with Crippen molar-refractivity contribution in [2.75, 3.05) is 30.3 Å². The van der Waals surface area contributed by atoms with Gasteiger partial charge in [0.05, 0.1) is 6.54 Å². The van der Waals surface area contributed by atoms with Gasteiger partial charge in [-0.15, -0.1) is 0 Å². The van der Waals surface area contributed by atoms with Crippen LogP contribution in [0, 0.1) is 5.92 Å². The molecule has 2 unspecified atom stereocenters. The van der Waals surface area contributed by atoms with E-state index in [1.165, 1.54) is 6.33 Å². The van der Waals surface area contributed by atoms with Gasteiger partial charge in [0.1, 0.15) is 40.9 Å². The molecule has 1 fully saturated rings. The van der Waals surface area contributed by atoms with Crippen LogP contribution in [0.1, 0.15) is 44.0 Å². The average molecular weight is 532 g/mol. The lowest BCUT2D eigenvalue weighted by molar-refractivity contribution is 0.00685. The Bertz CT molecular complexity index is 1330. The summed E-state index contributed by atoms with van der Waals surface area (Å²) in [6.45, 7) is 6.85. The Balaban J connectivity index is 1.41. The van der Waals surface area contributed by atoms with Gasteiger partial charge in [-0.05, 0) is 70.0 Å². The molecular formula is C29H33N5O5. The van der Waals surface area contributed by atoms with Crippen molar-refractivity contribution >= 4 is 23.5 Å². The molecule has 0 aliphatic carbocycles. The van der Waals surface area contributed by atoms with Gasteiger partial charge in [0.2, 0.25) is 5.88 Å². The number of ether oxygens (including phenoxy) is 3. The van der Waals surface area contributed by atoms with Crippen molar-refractivity contribution in [1.82, 2.24) is 14.9 Å². The molecule has 10 heteroatoms. The number of benzene rings is 2. The van der Waals surface area contributed by atoms with E-state index < -0.39 is 11.7 Å². The van der Waals surface area contributed by atoms with Gasteiger partial charge in [-0.2, -0.15) is 0 Å². The van der Waals surface area contributed by atoms with E-state index in [2.05, 4.69) is 9.97 Å². The predicted molar refractivity (Wildman–Crippen MR) is 146 cm³/mol. The number of carbonyl (C=O) groups is 2. The highest BCUT2D eigenvalue weighted by Crippen LogP contribution is 2.34. The molecule has 2 amide bonds. The molecule has 2 aliphatic rings. The largest absolute Gasteiger partial charge is 0.471 e. The third kappa shape index (κ3) is 6.05. The Morgan fingerprint density at radius 1 is 1.03 bits per heavy atom. The Kier molecular flexibility index (Phi) is 7.28. The van der Waals surface area contributed by atoms with Crippen molar-refractivity contribution in [3.8, 4) is 17.4 Å². The zero-order valence-corrected chi connectivity index (χ0v) is 22.4. The fourth-order valence-electron chi connectivity index (χ4n) is 4.84. The summed E-state index contributed by atoms with van der Waals surface area (Å²) in [6, 6.07) is 16.7. The van der Waals surface area contributed by atoms with Crippen molar-refractivity contribution in [3.63, 3.8) is 0 Å². The molecule has 2 aliphatic heterocycles. The number of hydrogen-bond acceptors (Lipinski definition) is 8. The van der Waals surface area contributed by atoms with Gasteiger partial charge in [0, 0.05) is 24.7 Å². The number of nitrogens with zero attached hydrogens (tertiary/aromatic N) is 4. The summed E-state index contributed by atoms with van der Waals surface area (Å²) in [6.07, 6.45) is 2.12. The molecule has 2 aromatic carbocycles. The molecule has 2 atom stereocenters. The van der Waals surface area contributed by atoms with E-state index >= 15 is 0 Å². The predicted octanol–water partition coefficient (Wildman–Crippen LogP) is 4.91. The normalized spacial score (nSPS) is 19.5. The van der Waals surface area contributed by atoms with E-state index in [9.17, 15) is 9.59 Å². The van der Waals surface area contributed by atoms with Crippen molar-refractivity contribution in [2.45, 2.75) is 45.3 Å². The lowest BCUT2D eigenvalue weighted by Gasteiger charge is -2.37. The molecule has 204 valence electrons. The summed E-state index contributed by atoms with van der Waals surface area (Å²) in [4.78, 5) is 38.2. The monoisotopic (exact) mass is 531 g/mol.